The number of nitrogens with two attached hydrogens (primary N) is 1. The smallest absolute Gasteiger partial charge is 0.240 e. The van der Waals surface area contributed by atoms with Gasteiger partial charge in [-0.2, -0.15) is 0 Å². The van der Waals surface area contributed by atoms with E-state index in [-0.39, 0.29) is 10.7 Å². The van der Waals surface area contributed by atoms with E-state index in [1.807, 2.05) is 6.07 Å². The van der Waals surface area contributed by atoms with Crippen LogP contribution >= 0.6 is 0 Å². The number of rotatable bonds is 5. The molecule has 2 rings (SSSR count). The monoisotopic (exact) mass is 294 g/mol. The van der Waals surface area contributed by atoms with Crippen molar-refractivity contribution in [2.75, 3.05) is 11.9 Å². The quantitative estimate of drug-likeness (QED) is 0.887. The van der Waals surface area contributed by atoms with Crippen LogP contribution in [-0.4, -0.2) is 15.0 Å². The molecule has 0 aliphatic heterocycles. The zero-order chi connectivity index (χ0) is 14.6. The molecule has 0 unspecified atom stereocenters. The first kappa shape index (κ1) is 14.5. The van der Waals surface area contributed by atoms with E-state index in [2.05, 4.69) is 5.32 Å². The Morgan fingerprint density at radius 3 is 2.55 bits per heavy atom. The molecular weight excluding hydrogens is 279 g/mol. The molecule has 0 saturated carbocycles. The number of hydrogen-bond donors (Lipinski definition) is 2. The van der Waals surface area contributed by atoms with Crippen molar-refractivity contribution in [1.82, 2.24) is 0 Å². The fraction of sp³-hybridized carbons (Fsp3) is 0.143. The van der Waals surface area contributed by atoms with E-state index in [1.54, 1.807) is 24.3 Å². The van der Waals surface area contributed by atoms with E-state index in [4.69, 9.17) is 5.14 Å². The topological polar surface area (TPSA) is 72.2 Å². The number of para-hydroxylation sites is 1. The predicted octanol–water partition coefficient (Wildman–Crippen LogP) is 2.13. The summed E-state index contributed by atoms with van der Waals surface area (Å²) in [5.41, 5.74) is 1.29. The second-order valence-corrected chi connectivity index (χ2v) is 5.88. The van der Waals surface area contributed by atoms with Crippen molar-refractivity contribution < 1.29 is 12.8 Å². The van der Waals surface area contributed by atoms with Gasteiger partial charge in [-0.05, 0) is 36.2 Å². The van der Waals surface area contributed by atoms with Gasteiger partial charge in [0.2, 0.25) is 10.0 Å². The number of anilines is 1. The van der Waals surface area contributed by atoms with Crippen LogP contribution in [0.1, 0.15) is 5.56 Å². The summed E-state index contributed by atoms with van der Waals surface area (Å²) in [4.78, 5) is 0.0549. The number of benzene rings is 2. The fourth-order valence-electron chi connectivity index (χ4n) is 1.89. The number of hydrogen-bond acceptors (Lipinski definition) is 3. The van der Waals surface area contributed by atoms with Crippen LogP contribution in [0.3, 0.4) is 0 Å². The molecule has 0 atom stereocenters. The molecule has 3 N–H and O–H groups in total. The van der Waals surface area contributed by atoms with Crippen LogP contribution in [0.5, 0.6) is 0 Å². The molecule has 0 aliphatic rings. The van der Waals surface area contributed by atoms with Crippen LogP contribution in [-0.2, 0) is 16.4 Å². The van der Waals surface area contributed by atoms with Crippen molar-refractivity contribution >= 4 is 15.7 Å². The first-order chi connectivity index (χ1) is 9.47. The molecule has 2 aromatic rings. The minimum absolute atomic E-state index is 0.0549. The van der Waals surface area contributed by atoms with Crippen LogP contribution in [0.15, 0.2) is 53.4 Å². The standard InChI is InChI=1S/C14H15FN2O2S/c15-12-5-3-4-11(10-12)8-9-17-13-6-1-2-7-14(13)20(16,18)19/h1-7,10,17H,8-9H2,(H2,16,18,19). The maximum absolute atomic E-state index is 13.0. The first-order valence-electron chi connectivity index (χ1n) is 6.07. The zero-order valence-electron chi connectivity index (χ0n) is 10.7. The highest BCUT2D eigenvalue weighted by Gasteiger charge is 2.12. The minimum atomic E-state index is -3.76. The molecule has 0 amide bonds. The fourth-order valence-corrected chi connectivity index (χ4v) is 2.61. The summed E-state index contributed by atoms with van der Waals surface area (Å²) in [6.45, 7) is 0.482. The summed E-state index contributed by atoms with van der Waals surface area (Å²) < 4.78 is 35.9. The van der Waals surface area contributed by atoms with E-state index in [1.165, 1.54) is 18.2 Å². The van der Waals surface area contributed by atoms with Crippen molar-refractivity contribution in [3.05, 3.63) is 59.9 Å². The minimum Gasteiger partial charge on any atom is -0.384 e. The van der Waals surface area contributed by atoms with Crippen LogP contribution in [0, 0.1) is 5.82 Å². The van der Waals surface area contributed by atoms with Crippen LogP contribution in [0.2, 0.25) is 0 Å². The summed E-state index contributed by atoms with van der Waals surface area (Å²) in [7, 11) is -3.76. The molecule has 0 aliphatic carbocycles. The Labute approximate surface area is 117 Å². The number of nitrogens with one attached hydrogen (secondary N) is 1. The molecule has 0 radical (unpaired) electrons. The summed E-state index contributed by atoms with van der Waals surface area (Å²) in [5.74, 6) is -0.285. The normalized spacial score (nSPS) is 11.3. The number of primary sulfonamides is 1. The van der Waals surface area contributed by atoms with E-state index in [9.17, 15) is 12.8 Å². The molecule has 0 saturated heterocycles. The predicted molar refractivity (Wildman–Crippen MR) is 76.4 cm³/mol. The van der Waals surface area contributed by atoms with Crippen molar-refractivity contribution in [1.29, 1.82) is 0 Å². The third kappa shape index (κ3) is 3.79. The molecule has 2 aromatic carbocycles. The van der Waals surface area contributed by atoms with Crippen LogP contribution in [0.25, 0.3) is 0 Å². The van der Waals surface area contributed by atoms with Gasteiger partial charge in [-0.1, -0.05) is 24.3 Å². The molecule has 0 bridgehead atoms. The molecule has 0 spiro atoms. The molecule has 0 fully saturated rings. The van der Waals surface area contributed by atoms with E-state index in [0.29, 0.717) is 18.7 Å². The Hall–Kier alpha value is -1.92. The Balaban J connectivity index is 2.05. The van der Waals surface area contributed by atoms with Gasteiger partial charge in [0.25, 0.3) is 0 Å². The van der Waals surface area contributed by atoms with Gasteiger partial charge in [-0.25, -0.2) is 17.9 Å². The van der Waals surface area contributed by atoms with Crippen LogP contribution < -0.4 is 10.5 Å². The van der Waals surface area contributed by atoms with E-state index in [0.717, 1.165) is 5.56 Å². The number of halogens is 1. The lowest BCUT2D eigenvalue weighted by Crippen LogP contribution is -2.15. The van der Waals surface area contributed by atoms with Gasteiger partial charge in [-0.15, -0.1) is 0 Å². The maximum atomic E-state index is 13.0. The third-order valence-electron chi connectivity index (χ3n) is 2.81. The summed E-state index contributed by atoms with van der Waals surface area (Å²) >= 11 is 0. The molecular formula is C14H15FN2O2S. The highest BCUT2D eigenvalue weighted by Crippen LogP contribution is 2.19. The Kier molecular flexibility index (Phi) is 4.36. The second-order valence-electron chi connectivity index (χ2n) is 4.35. The largest absolute Gasteiger partial charge is 0.384 e. The second kappa shape index (κ2) is 6.02. The van der Waals surface area contributed by atoms with E-state index < -0.39 is 10.0 Å². The molecule has 6 heteroatoms. The highest BCUT2D eigenvalue weighted by atomic mass is 32.2. The Morgan fingerprint density at radius 2 is 1.85 bits per heavy atom. The van der Waals surface area contributed by atoms with Crippen molar-refractivity contribution in [3.8, 4) is 0 Å². The van der Waals surface area contributed by atoms with Gasteiger partial charge in [0.15, 0.2) is 0 Å². The van der Waals surface area contributed by atoms with Gasteiger partial charge in [0.1, 0.15) is 10.7 Å². The van der Waals surface area contributed by atoms with Gasteiger partial charge < -0.3 is 5.32 Å². The maximum Gasteiger partial charge on any atom is 0.240 e. The summed E-state index contributed by atoms with van der Waals surface area (Å²) in [6.07, 6.45) is 0.580. The third-order valence-corrected chi connectivity index (χ3v) is 3.78. The molecule has 4 nitrogen and oxygen atoms in total. The lowest BCUT2D eigenvalue weighted by atomic mass is 10.1. The van der Waals surface area contributed by atoms with Gasteiger partial charge >= 0.3 is 0 Å². The summed E-state index contributed by atoms with van der Waals surface area (Å²) in [5, 5.41) is 8.15. The molecule has 0 aromatic heterocycles. The molecule has 20 heavy (non-hydrogen) atoms. The average molecular weight is 294 g/mol. The molecule has 106 valence electrons. The SMILES string of the molecule is NS(=O)(=O)c1ccccc1NCCc1cccc(F)c1. The van der Waals surface area contributed by atoms with E-state index >= 15 is 0 Å². The van der Waals surface area contributed by atoms with Crippen molar-refractivity contribution in [3.63, 3.8) is 0 Å². The number of sulfonamides is 1. The Morgan fingerprint density at radius 1 is 1.10 bits per heavy atom. The lowest BCUT2D eigenvalue weighted by Gasteiger charge is -2.10. The van der Waals surface area contributed by atoms with Gasteiger partial charge in [-0.3, -0.25) is 0 Å². The molecule has 0 heterocycles. The Bertz CT molecular complexity index is 702. The first-order valence-corrected chi connectivity index (χ1v) is 7.61. The van der Waals surface area contributed by atoms with Gasteiger partial charge in [0.05, 0.1) is 5.69 Å². The zero-order valence-corrected chi connectivity index (χ0v) is 11.5. The van der Waals surface area contributed by atoms with Crippen molar-refractivity contribution in [2.24, 2.45) is 5.14 Å². The van der Waals surface area contributed by atoms with Gasteiger partial charge in [0, 0.05) is 6.54 Å². The highest BCUT2D eigenvalue weighted by molar-refractivity contribution is 7.89. The average Bonchev–Trinajstić information content (AvgIpc) is 2.38. The lowest BCUT2D eigenvalue weighted by molar-refractivity contribution is 0.598. The summed E-state index contributed by atoms with van der Waals surface area (Å²) in [6, 6.07) is 12.7. The van der Waals surface area contributed by atoms with Crippen LogP contribution in [0.4, 0.5) is 10.1 Å². The van der Waals surface area contributed by atoms with Crippen molar-refractivity contribution in [2.45, 2.75) is 11.3 Å².